The molecule has 170 valence electrons. The van der Waals surface area contributed by atoms with Crippen LogP contribution in [-0.2, 0) is 0 Å². The van der Waals surface area contributed by atoms with Gasteiger partial charge in [-0.15, -0.1) is 0 Å². The van der Waals surface area contributed by atoms with Crippen LogP contribution >= 0.6 is 0 Å². The van der Waals surface area contributed by atoms with E-state index in [0.29, 0.717) is 0 Å². The third-order valence-electron chi connectivity index (χ3n) is 6.06. The zero-order chi connectivity index (χ0) is 23.4. The number of phenols is 1. The van der Waals surface area contributed by atoms with Crippen LogP contribution in [0.4, 0.5) is 27.6 Å². The van der Waals surface area contributed by atoms with Crippen molar-refractivity contribution in [2.24, 2.45) is 0 Å². The molecule has 32 heavy (non-hydrogen) atoms. The summed E-state index contributed by atoms with van der Waals surface area (Å²) in [5.41, 5.74) is -3.36. The minimum absolute atomic E-state index is 0.0115. The molecule has 5 nitrogen and oxygen atoms in total. The quantitative estimate of drug-likeness (QED) is 0.471. The van der Waals surface area contributed by atoms with Gasteiger partial charge in [0.1, 0.15) is 17.2 Å². The summed E-state index contributed by atoms with van der Waals surface area (Å²) >= 11 is 0. The van der Waals surface area contributed by atoms with Crippen LogP contribution < -0.4 is 5.32 Å². The maximum Gasteiger partial charge on any atom is 0.419 e. The Labute approximate surface area is 179 Å². The Hall–Kier alpha value is -3.01. The number of halogens is 5. The topological polar surface area (TPSA) is 78.3 Å². The first-order valence-corrected chi connectivity index (χ1v) is 9.96. The van der Waals surface area contributed by atoms with Crippen LogP contribution in [0.15, 0.2) is 30.5 Å². The molecule has 0 radical (unpaired) electrons. The van der Waals surface area contributed by atoms with Gasteiger partial charge in [-0.2, -0.15) is 13.2 Å². The highest BCUT2D eigenvalue weighted by molar-refractivity contribution is 5.91. The van der Waals surface area contributed by atoms with Crippen LogP contribution in [0.1, 0.15) is 48.7 Å². The number of rotatable bonds is 3. The second-order valence-electron chi connectivity index (χ2n) is 7.98. The van der Waals surface area contributed by atoms with Crippen molar-refractivity contribution < 1.29 is 32.2 Å². The molecule has 4 rings (SSSR count). The number of hydrogen-bond acceptors (Lipinski definition) is 5. The Kier molecular flexibility index (Phi) is 5.23. The van der Waals surface area contributed by atoms with Gasteiger partial charge in [-0.1, -0.05) is 13.0 Å². The Morgan fingerprint density at radius 2 is 1.84 bits per heavy atom. The van der Waals surface area contributed by atoms with Crippen LogP contribution in [0, 0.1) is 18.6 Å². The SMILES string of the molecule is CC[C@@H]1C[C@](O)(C(F)(F)F)[C@@H](Nc2ccc(F)c3nc(C)ncc23)c2ccc(F)c(O)c21. The van der Waals surface area contributed by atoms with E-state index < -0.39 is 47.5 Å². The molecule has 1 aliphatic carbocycles. The molecule has 10 heteroatoms. The van der Waals surface area contributed by atoms with E-state index in [-0.39, 0.29) is 40.0 Å². The Balaban J connectivity index is 1.94. The lowest BCUT2D eigenvalue weighted by Gasteiger charge is -2.45. The second kappa shape index (κ2) is 7.54. The maximum absolute atomic E-state index is 14.3. The van der Waals surface area contributed by atoms with Gasteiger partial charge in [0.15, 0.2) is 17.2 Å². The van der Waals surface area contributed by atoms with Gasteiger partial charge in [-0.3, -0.25) is 0 Å². The van der Waals surface area contributed by atoms with E-state index in [1.807, 2.05) is 0 Å². The number of nitrogens with zero attached hydrogens (tertiary/aromatic N) is 2. The highest BCUT2D eigenvalue weighted by atomic mass is 19.4. The number of benzene rings is 2. The number of hydrogen-bond donors (Lipinski definition) is 3. The van der Waals surface area contributed by atoms with Gasteiger partial charge < -0.3 is 15.5 Å². The summed E-state index contributed by atoms with van der Waals surface area (Å²) in [6.45, 7) is 3.14. The fourth-order valence-corrected chi connectivity index (χ4v) is 4.41. The van der Waals surface area contributed by atoms with Gasteiger partial charge in [0.05, 0.1) is 6.04 Å². The molecule has 0 saturated heterocycles. The highest BCUT2D eigenvalue weighted by Crippen LogP contribution is 2.55. The molecule has 0 bridgehead atoms. The van der Waals surface area contributed by atoms with Crippen molar-refractivity contribution >= 4 is 16.6 Å². The summed E-state index contributed by atoms with van der Waals surface area (Å²) in [6.07, 6.45) is -4.43. The summed E-state index contributed by atoms with van der Waals surface area (Å²) in [4.78, 5) is 8.00. The maximum atomic E-state index is 14.3. The van der Waals surface area contributed by atoms with Crippen molar-refractivity contribution in [3.8, 4) is 5.75 Å². The van der Waals surface area contributed by atoms with Gasteiger partial charge in [0.2, 0.25) is 0 Å². The fraction of sp³-hybridized carbons (Fsp3) is 0.364. The molecule has 0 amide bonds. The zero-order valence-electron chi connectivity index (χ0n) is 17.1. The molecule has 0 spiro atoms. The number of aromatic nitrogens is 2. The van der Waals surface area contributed by atoms with Crippen molar-refractivity contribution in [2.75, 3.05) is 5.32 Å². The van der Waals surface area contributed by atoms with E-state index in [0.717, 1.165) is 18.2 Å². The molecule has 1 heterocycles. The van der Waals surface area contributed by atoms with Crippen LogP contribution in [0.25, 0.3) is 10.9 Å². The average molecular weight is 453 g/mol. The molecule has 0 aliphatic heterocycles. The van der Waals surface area contributed by atoms with Gasteiger partial charge in [-0.25, -0.2) is 18.7 Å². The number of aryl methyl sites for hydroxylation is 1. The summed E-state index contributed by atoms with van der Waals surface area (Å²) < 4.78 is 70.9. The highest BCUT2D eigenvalue weighted by Gasteiger charge is 2.62. The lowest BCUT2D eigenvalue weighted by atomic mass is 9.69. The van der Waals surface area contributed by atoms with Crippen molar-refractivity contribution in [3.63, 3.8) is 0 Å². The zero-order valence-corrected chi connectivity index (χ0v) is 17.1. The second-order valence-corrected chi connectivity index (χ2v) is 7.98. The lowest BCUT2D eigenvalue weighted by Crippen LogP contribution is -2.55. The minimum atomic E-state index is -5.05. The third-order valence-corrected chi connectivity index (χ3v) is 6.06. The molecule has 2 aromatic carbocycles. The minimum Gasteiger partial charge on any atom is -0.505 e. The molecule has 0 saturated carbocycles. The van der Waals surface area contributed by atoms with Crippen molar-refractivity contribution in [2.45, 2.75) is 50.4 Å². The first-order valence-electron chi connectivity index (χ1n) is 9.96. The van der Waals surface area contributed by atoms with Crippen molar-refractivity contribution in [1.29, 1.82) is 0 Å². The van der Waals surface area contributed by atoms with Crippen LogP contribution in [0.3, 0.4) is 0 Å². The van der Waals surface area contributed by atoms with E-state index in [2.05, 4.69) is 15.3 Å². The predicted octanol–water partition coefficient (Wildman–Crippen LogP) is 5.27. The molecule has 0 unspecified atom stereocenters. The molecule has 1 aliphatic rings. The fourth-order valence-electron chi connectivity index (χ4n) is 4.41. The Morgan fingerprint density at radius 1 is 1.16 bits per heavy atom. The molecule has 3 atom stereocenters. The number of anilines is 1. The number of aliphatic hydroxyl groups is 1. The monoisotopic (exact) mass is 453 g/mol. The smallest absolute Gasteiger partial charge is 0.419 e. The van der Waals surface area contributed by atoms with E-state index in [1.165, 1.54) is 12.3 Å². The summed E-state index contributed by atoms with van der Waals surface area (Å²) in [5, 5.41) is 24.0. The van der Waals surface area contributed by atoms with Gasteiger partial charge >= 0.3 is 6.18 Å². The number of fused-ring (bicyclic) bond motifs is 2. The standard InChI is InChI=1S/C22H20F5N3O2/c1-3-11-8-21(32,22(25,26)27)20(12-4-5-15(24)19(31)17(11)12)30-16-7-6-14(23)18-13(16)9-28-10(2)29-18/h4-7,9,11,20,30-32H,3,8H2,1-2H3/t11-,20+,21-/m1/s1. The van der Waals surface area contributed by atoms with Crippen molar-refractivity contribution in [3.05, 3.63) is 59.0 Å². The van der Waals surface area contributed by atoms with Gasteiger partial charge in [0, 0.05) is 22.8 Å². The molecular formula is C22H20F5N3O2. The summed E-state index contributed by atoms with van der Waals surface area (Å²) in [5.74, 6) is -3.05. The predicted molar refractivity (Wildman–Crippen MR) is 107 cm³/mol. The summed E-state index contributed by atoms with van der Waals surface area (Å²) in [7, 11) is 0. The molecule has 3 N–H and O–H groups in total. The Morgan fingerprint density at radius 3 is 2.50 bits per heavy atom. The van der Waals surface area contributed by atoms with E-state index in [4.69, 9.17) is 0 Å². The largest absolute Gasteiger partial charge is 0.505 e. The number of alkyl halides is 3. The average Bonchev–Trinajstić information content (AvgIpc) is 2.73. The van der Waals surface area contributed by atoms with Gasteiger partial charge in [0.25, 0.3) is 0 Å². The molecule has 1 aromatic heterocycles. The number of nitrogens with one attached hydrogen (secondary N) is 1. The number of phenolic OH excluding ortho intramolecular Hbond substituents is 1. The lowest BCUT2D eigenvalue weighted by molar-refractivity contribution is -0.272. The Bertz CT molecular complexity index is 1200. The van der Waals surface area contributed by atoms with E-state index in [1.54, 1.807) is 13.8 Å². The third kappa shape index (κ3) is 3.33. The van der Waals surface area contributed by atoms with E-state index in [9.17, 15) is 32.2 Å². The van der Waals surface area contributed by atoms with E-state index >= 15 is 0 Å². The van der Waals surface area contributed by atoms with Gasteiger partial charge in [-0.05, 0) is 49.4 Å². The molecular weight excluding hydrogens is 433 g/mol. The molecule has 0 fully saturated rings. The summed E-state index contributed by atoms with van der Waals surface area (Å²) in [6, 6.07) is 2.44. The number of aromatic hydroxyl groups is 1. The first-order chi connectivity index (χ1) is 15.0. The van der Waals surface area contributed by atoms with Crippen LogP contribution in [-0.4, -0.2) is 32.0 Å². The first kappa shape index (κ1) is 22.2. The van der Waals surface area contributed by atoms with Crippen LogP contribution in [0.2, 0.25) is 0 Å². The molecule has 3 aromatic rings. The normalized spacial score (nSPS) is 23.2. The van der Waals surface area contributed by atoms with Crippen molar-refractivity contribution in [1.82, 2.24) is 9.97 Å². The van der Waals surface area contributed by atoms with Crippen LogP contribution in [0.5, 0.6) is 5.75 Å².